The Labute approximate surface area is 166 Å². The summed E-state index contributed by atoms with van der Waals surface area (Å²) >= 11 is 0. The second-order valence-corrected chi connectivity index (χ2v) is 7.68. The van der Waals surface area contributed by atoms with Crippen LogP contribution >= 0.6 is 0 Å². The zero-order chi connectivity index (χ0) is 19.2. The maximum absolute atomic E-state index is 12.5. The number of hydrogen-bond donors (Lipinski definition) is 1. The summed E-state index contributed by atoms with van der Waals surface area (Å²) in [5, 5.41) is 3.13. The summed E-state index contributed by atoms with van der Waals surface area (Å²) in [5.74, 6) is 0.295. The minimum Gasteiger partial charge on any atom is -0.423 e. The van der Waals surface area contributed by atoms with E-state index in [1.807, 2.05) is 24.3 Å². The van der Waals surface area contributed by atoms with Crippen LogP contribution in [0.5, 0.6) is 0 Å². The van der Waals surface area contributed by atoms with E-state index in [1.165, 1.54) is 0 Å². The molecule has 0 aliphatic carbocycles. The van der Waals surface area contributed by atoms with Crippen LogP contribution in [0.2, 0.25) is 0 Å². The van der Waals surface area contributed by atoms with Crippen molar-refractivity contribution >= 4 is 23.0 Å². The highest BCUT2D eigenvalue weighted by atomic mass is 16.5. The van der Waals surface area contributed by atoms with Gasteiger partial charge < -0.3 is 19.4 Å². The first-order valence-electron chi connectivity index (χ1n) is 10.5. The molecule has 0 atom stereocenters. The number of hydrogen-bond acceptors (Lipinski definition) is 6. The van der Waals surface area contributed by atoms with Gasteiger partial charge in [0.25, 0.3) is 6.01 Å². The number of benzene rings is 1. The van der Waals surface area contributed by atoms with E-state index in [9.17, 15) is 4.79 Å². The summed E-state index contributed by atoms with van der Waals surface area (Å²) in [6, 6.07) is 8.48. The van der Waals surface area contributed by atoms with Crippen LogP contribution < -0.4 is 10.2 Å². The second kappa shape index (κ2) is 9.39. The smallest absolute Gasteiger partial charge is 0.298 e. The number of carbonyl (C=O) groups is 1. The van der Waals surface area contributed by atoms with E-state index in [0.717, 1.165) is 89.3 Å². The Balaban J connectivity index is 1.15. The molecule has 3 heterocycles. The summed E-state index contributed by atoms with van der Waals surface area (Å²) < 4.78 is 11.2. The van der Waals surface area contributed by atoms with Crippen molar-refractivity contribution in [3.8, 4) is 0 Å². The van der Waals surface area contributed by atoms with Crippen LogP contribution in [0.4, 0.5) is 6.01 Å². The third-order valence-electron chi connectivity index (χ3n) is 5.72. The monoisotopic (exact) mass is 386 g/mol. The summed E-state index contributed by atoms with van der Waals surface area (Å²) in [5.41, 5.74) is 1.70. The van der Waals surface area contributed by atoms with Gasteiger partial charge in [-0.25, -0.2) is 0 Å². The number of amides is 1. The number of morpholine rings is 1. The molecule has 2 aliphatic heterocycles. The number of nitrogens with one attached hydrogen (secondary N) is 1. The number of piperidine rings is 1. The van der Waals surface area contributed by atoms with Crippen molar-refractivity contribution in [3.63, 3.8) is 0 Å². The van der Waals surface area contributed by atoms with Crippen molar-refractivity contribution in [1.29, 1.82) is 0 Å². The van der Waals surface area contributed by atoms with E-state index in [0.29, 0.717) is 6.01 Å². The van der Waals surface area contributed by atoms with E-state index in [1.54, 1.807) is 0 Å². The van der Waals surface area contributed by atoms with Crippen LogP contribution in [0, 0.1) is 5.92 Å². The van der Waals surface area contributed by atoms with Crippen LogP contribution in [0.3, 0.4) is 0 Å². The van der Waals surface area contributed by atoms with E-state index in [4.69, 9.17) is 9.15 Å². The Bertz CT molecular complexity index is 731. The number of ether oxygens (including phenoxy) is 1. The van der Waals surface area contributed by atoms with Crippen LogP contribution in [0.25, 0.3) is 11.1 Å². The molecule has 0 bridgehead atoms. The highest BCUT2D eigenvalue weighted by Crippen LogP contribution is 2.26. The number of aromatic nitrogens is 1. The van der Waals surface area contributed by atoms with Crippen molar-refractivity contribution in [1.82, 2.24) is 15.2 Å². The molecule has 7 nitrogen and oxygen atoms in total. The first-order chi connectivity index (χ1) is 13.8. The lowest BCUT2D eigenvalue weighted by Gasteiger charge is -2.30. The van der Waals surface area contributed by atoms with Gasteiger partial charge in [-0.05, 0) is 44.4 Å². The Kier molecular flexibility index (Phi) is 6.44. The highest BCUT2D eigenvalue weighted by molar-refractivity contribution is 5.79. The molecule has 1 aromatic heterocycles. The van der Waals surface area contributed by atoms with E-state index in [-0.39, 0.29) is 11.8 Å². The van der Waals surface area contributed by atoms with Gasteiger partial charge in [0.15, 0.2) is 5.58 Å². The number of para-hydroxylation sites is 2. The number of nitrogens with zero attached hydrogens (tertiary/aromatic N) is 3. The van der Waals surface area contributed by atoms with Gasteiger partial charge in [0.05, 0.1) is 13.2 Å². The van der Waals surface area contributed by atoms with Crippen LogP contribution in [0.1, 0.15) is 25.7 Å². The standard InChI is InChI=1S/C21H30N4O3/c26-20(22-9-3-4-10-24-13-15-27-16-14-24)17-7-11-25(12-8-17)21-23-18-5-1-2-6-19(18)28-21/h1-2,5-6,17H,3-4,7-16H2,(H,22,26). The van der Waals surface area contributed by atoms with Crippen LogP contribution in [-0.2, 0) is 9.53 Å². The van der Waals surface area contributed by atoms with Gasteiger partial charge in [0.1, 0.15) is 5.52 Å². The summed E-state index contributed by atoms with van der Waals surface area (Å²) in [4.78, 5) is 21.6. The largest absolute Gasteiger partial charge is 0.423 e. The lowest BCUT2D eigenvalue weighted by Crippen LogP contribution is -2.41. The number of unbranched alkanes of at least 4 members (excludes halogenated alkanes) is 1. The number of rotatable bonds is 7. The van der Waals surface area contributed by atoms with Crippen LogP contribution in [-0.4, -0.2) is 68.3 Å². The molecule has 7 heteroatoms. The molecule has 0 radical (unpaired) electrons. The molecule has 1 amide bonds. The molecular formula is C21H30N4O3. The van der Waals surface area contributed by atoms with Gasteiger partial charge in [-0.15, -0.1) is 0 Å². The molecule has 1 N–H and O–H groups in total. The fourth-order valence-corrected chi connectivity index (χ4v) is 3.97. The van der Waals surface area contributed by atoms with Crippen molar-refractivity contribution in [2.75, 3.05) is 57.4 Å². The maximum atomic E-state index is 12.5. The lowest BCUT2D eigenvalue weighted by atomic mass is 9.96. The fourth-order valence-electron chi connectivity index (χ4n) is 3.97. The summed E-state index contributed by atoms with van der Waals surface area (Å²) in [7, 11) is 0. The SMILES string of the molecule is O=C(NCCCCN1CCOCC1)C1CCN(c2nc3ccccc3o2)CC1. The summed E-state index contributed by atoms with van der Waals surface area (Å²) in [6.07, 6.45) is 3.85. The Morgan fingerprint density at radius 3 is 2.68 bits per heavy atom. The number of anilines is 1. The molecule has 2 saturated heterocycles. The fraction of sp³-hybridized carbons (Fsp3) is 0.619. The minimum atomic E-state index is 0.0971. The molecule has 0 saturated carbocycles. The van der Waals surface area contributed by atoms with Gasteiger partial charge in [0, 0.05) is 38.6 Å². The minimum absolute atomic E-state index is 0.0971. The quantitative estimate of drug-likeness (QED) is 0.736. The van der Waals surface area contributed by atoms with E-state index in [2.05, 4.69) is 20.1 Å². The van der Waals surface area contributed by atoms with Crippen molar-refractivity contribution in [2.45, 2.75) is 25.7 Å². The van der Waals surface area contributed by atoms with Gasteiger partial charge in [-0.3, -0.25) is 9.69 Å². The molecule has 2 aliphatic rings. The molecule has 1 aromatic carbocycles. The third kappa shape index (κ3) is 4.83. The highest BCUT2D eigenvalue weighted by Gasteiger charge is 2.27. The van der Waals surface area contributed by atoms with Crippen LogP contribution in [0.15, 0.2) is 28.7 Å². The second-order valence-electron chi connectivity index (χ2n) is 7.68. The molecule has 0 spiro atoms. The van der Waals surface area contributed by atoms with Crippen molar-refractivity contribution in [2.24, 2.45) is 5.92 Å². The lowest BCUT2D eigenvalue weighted by molar-refractivity contribution is -0.125. The predicted molar refractivity (Wildman–Crippen MR) is 108 cm³/mol. The Morgan fingerprint density at radius 1 is 1.11 bits per heavy atom. The molecule has 152 valence electrons. The molecule has 4 rings (SSSR count). The molecule has 0 unspecified atom stereocenters. The molecule has 2 fully saturated rings. The number of oxazole rings is 1. The number of fused-ring (bicyclic) bond motifs is 1. The van der Waals surface area contributed by atoms with Gasteiger partial charge in [-0.2, -0.15) is 4.98 Å². The Hall–Kier alpha value is -2.12. The Morgan fingerprint density at radius 2 is 1.89 bits per heavy atom. The average molecular weight is 386 g/mol. The van der Waals surface area contributed by atoms with Gasteiger partial charge in [-0.1, -0.05) is 12.1 Å². The van der Waals surface area contributed by atoms with Crippen molar-refractivity contribution < 1.29 is 13.9 Å². The van der Waals surface area contributed by atoms with E-state index >= 15 is 0 Å². The van der Waals surface area contributed by atoms with Gasteiger partial charge >= 0.3 is 0 Å². The van der Waals surface area contributed by atoms with E-state index < -0.39 is 0 Å². The summed E-state index contributed by atoms with van der Waals surface area (Å²) in [6.45, 7) is 7.24. The first kappa shape index (κ1) is 19.2. The van der Waals surface area contributed by atoms with Gasteiger partial charge in [0.2, 0.25) is 5.91 Å². The molecular weight excluding hydrogens is 356 g/mol. The molecule has 2 aromatic rings. The topological polar surface area (TPSA) is 70.8 Å². The maximum Gasteiger partial charge on any atom is 0.298 e. The zero-order valence-electron chi connectivity index (χ0n) is 16.4. The zero-order valence-corrected chi connectivity index (χ0v) is 16.4. The first-order valence-corrected chi connectivity index (χ1v) is 10.5. The predicted octanol–water partition coefficient (Wildman–Crippen LogP) is 2.27. The average Bonchev–Trinajstić information content (AvgIpc) is 3.18. The third-order valence-corrected chi connectivity index (χ3v) is 5.72. The normalized spacial score (nSPS) is 19.2. The van der Waals surface area contributed by atoms with Crippen molar-refractivity contribution in [3.05, 3.63) is 24.3 Å². The number of carbonyl (C=O) groups excluding carboxylic acids is 1. The molecule has 28 heavy (non-hydrogen) atoms.